The average Bonchev–Trinajstić information content (AvgIpc) is 2.75. The molecule has 0 aliphatic heterocycles. The van der Waals surface area contributed by atoms with Gasteiger partial charge in [0.2, 0.25) is 5.82 Å². The molecule has 0 unspecified atom stereocenters. The Hall–Kier alpha value is -2.15. The maximum Gasteiger partial charge on any atom is 0.338 e. The van der Waals surface area contributed by atoms with Gasteiger partial charge < -0.3 is 11.5 Å². The fourth-order valence-electron chi connectivity index (χ4n) is 2.46. The van der Waals surface area contributed by atoms with Gasteiger partial charge in [0.1, 0.15) is 5.52 Å². The molecule has 0 radical (unpaired) electrons. The number of pyridine rings is 1. The number of aromatic nitrogens is 2. The van der Waals surface area contributed by atoms with Gasteiger partial charge in [-0.25, -0.2) is 4.52 Å². The first kappa shape index (κ1) is 17.9. The van der Waals surface area contributed by atoms with Gasteiger partial charge in [0, 0.05) is 11.7 Å². The zero-order valence-electron chi connectivity index (χ0n) is 13.8. The highest BCUT2D eigenvalue weighted by Gasteiger charge is 2.35. The Kier molecular flexibility index (Phi) is 5.13. The van der Waals surface area contributed by atoms with E-state index in [4.69, 9.17) is 0 Å². The van der Waals surface area contributed by atoms with Crippen LogP contribution in [-0.4, -0.2) is 20.1 Å². The molecule has 2 heterocycles. The van der Waals surface area contributed by atoms with Crippen molar-refractivity contribution in [3.05, 3.63) is 34.5 Å². The lowest BCUT2D eigenvalue weighted by Crippen LogP contribution is -2.45. The van der Waals surface area contributed by atoms with Gasteiger partial charge in [-0.2, -0.15) is 0 Å². The number of nitro groups is 1. The monoisotopic (exact) mass is 307 g/mol. The maximum absolute atomic E-state index is 11.4. The van der Waals surface area contributed by atoms with Gasteiger partial charge in [-0.05, 0) is 30.9 Å². The van der Waals surface area contributed by atoms with Crippen LogP contribution in [0, 0.1) is 22.0 Å². The first-order valence-corrected chi connectivity index (χ1v) is 7.17. The van der Waals surface area contributed by atoms with Crippen LogP contribution in [0.3, 0.4) is 0 Å². The molecule has 0 aliphatic rings. The van der Waals surface area contributed by atoms with Gasteiger partial charge >= 0.3 is 5.69 Å². The molecule has 22 heavy (non-hydrogen) atoms. The van der Waals surface area contributed by atoms with Gasteiger partial charge in [-0.3, -0.25) is 10.1 Å². The molecule has 0 aromatic carbocycles. The van der Waals surface area contributed by atoms with Crippen molar-refractivity contribution in [3.63, 3.8) is 0 Å². The standard InChI is InChI=1S/C15H22N4O2.H3N/c1-10(2)15(5,11(3)4)16-14-13(19(20)21)12-8-6-7-9-18(12)17-14;/h6-11H,1-5H3,(H,16,17);1H3. The van der Waals surface area contributed by atoms with E-state index in [-0.39, 0.29) is 22.3 Å². The molecule has 0 bridgehead atoms. The second-order valence-corrected chi connectivity index (χ2v) is 6.20. The third-order valence-electron chi connectivity index (χ3n) is 4.48. The first-order valence-electron chi connectivity index (χ1n) is 7.17. The summed E-state index contributed by atoms with van der Waals surface area (Å²) in [5.74, 6) is 0.944. The van der Waals surface area contributed by atoms with Crippen LogP contribution in [0.5, 0.6) is 0 Å². The SMILES string of the molecule is CC(C)C(C)(Nc1nn2ccccc2c1[N+](=O)[O-])C(C)C.N. The molecule has 0 fully saturated rings. The van der Waals surface area contributed by atoms with Crippen molar-refractivity contribution in [2.24, 2.45) is 11.8 Å². The van der Waals surface area contributed by atoms with E-state index >= 15 is 0 Å². The van der Waals surface area contributed by atoms with Crippen LogP contribution >= 0.6 is 0 Å². The average molecular weight is 307 g/mol. The third-order valence-corrected chi connectivity index (χ3v) is 4.48. The van der Waals surface area contributed by atoms with E-state index < -0.39 is 0 Å². The van der Waals surface area contributed by atoms with E-state index in [2.05, 4.69) is 45.0 Å². The van der Waals surface area contributed by atoms with Crippen LogP contribution in [0.4, 0.5) is 11.5 Å². The largest absolute Gasteiger partial charge is 0.357 e. The van der Waals surface area contributed by atoms with E-state index in [1.165, 1.54) is 0 Å². The molecule has 0 saturated heterocycles. The van der Waals surface area contributed by atoms with Crippen molar-refractivity contribution < 1.29 is 4.92 Å². The fourth-order valence-corrected chi connectivity index (χ4v) is 2.46. The summed E-state index contributed by atoms with van der Waals surface area (Å²) >= 11 is 0. The van der Waals surface area contributed by atoms with Crippen LogP contribution in [0.1, 0.15) is 34.6 Å². The minimum Gasteiger partial charge on any atom is -0.357 e. The number of nitrogens with one attached hydrogen (secondary N) is 1. The molecule has 0 atom stereocenters. The molecule has 2 rings (SSSR count). The quantitative estimate of drug-likeness (QED) is 0.643. The van der Waals surface area contributed by atoms with E-state index in [9.17, 15) is 10.1 Å². The van der Waals surface area contributed by atoms with Gasteiger partial charge in [0.05, 0.1) is 4.92 Å². The Bertz CT molecular complexity index is 655. The van der Waals surface area contributed by atoms with Gasteiger partial charge in [-0.1, -0.05) is 33.8 Å². The molecule has 0 amide bonds. The highest BCUT2D eigenvalue weighted by molar-refractivity contribution is 5.76. The Labute approximate surface area is 130 Å². The first-order chi connectivity index (χ1) is 9.77. The van der Waals surface area contributed by atoms with Crippen molar-refractivity contribution >= 4 is 17.0 Å². The summed E-state index contributed by atoms with van der Waals surface area (Å²) in [4.78, 5) is 11.1. The van der Waals surface area contributed by atoms with E-state index in [1.54, 1.807) is 28.9 Å². The molecule has 0 saturated carbocycles. The smallest absolute Gasteiger partial charge is 0.338 e. The molecule has 122 valence electrons. The molecule has 0 spiro atoms. The molecule has 4 N–H and O–H groups in total. The molecule has 7 heteroatoms. The topological polar surface area (TPSA) is 107 Å². The van der Waals surface area contributed by atoms with Crippen molar-refractivity contribution in [2.75, 3.05) is 5.32 Å². The predicted molar refractivity (Wildman–Crippen MR) is 88.6 cm³/mol. The summed E-state index contributed by atoms with van der Waals surface area (Å²) in [7, 11) is 0. The second kappa shape index (κ2) is 6.31. The van der Waals surface area contributed by atoms with Gasteiger partial charge in [0.15, 0.2) is 0 Å². The molecular formula is C15H25N5O2. The van der Waals surface area contributed by atoms with Crippen LogP contribution in [0.2, 0.25) is 0 Å². The number of hydrogen-bond acceptors (Lipinski definition) is 5. The van der Waals surface area contributed by atoms with Crippen molar-refractivity contribution in [3.8, 4) is 0 Å². The third kappa shape index (κ3) is 2.89. The zero-order chi connectivity index (χ0) is 15.8. The summed E-state index contributed by atoms with van der Waals surface area (Å²) < 4.78 is 1.54. The van der Waals surface area contributed by atoms with Gasteiger partial charge in [0.25, 0.3) is 0 Å². The zero-order valence-corrected chi connectivity index (χ0v) is 13.8. The summed E-state index contributed by atoms with van der Waals surface area (Å²) in [6, 6.07) is 5.29. The number of fused-ring (bicyclic) bond motifs is 1. The molecule has 2 aromatic rings. The Morgan fingerprint density at radius 2 is 1.86 bits per heavy atom. The minimum atomic E-state index is -0.369. The lowest BCUT2D eigenvalue weighted by molar-refractivity contribution is -0.382. The molecular weight excluding hydrogens is 282 g/mol. The van der Waals surface area contributed by atoms with Crippen molar-refractivity contribution in [1.82, 2.24) is 15.8 Å². The lowest BCUT2D eigenvalue weighted by Gasteiger charge is -2.38. The van der Waals surface area contributed by atoms with Gasteiger partial charge in [-0.15, -0.1) is 5.10 Å². The van der Waals surface area contributed by atoms with E-state index in [0.29, 0.717) is 23.2 Å². The lowest BCUT2D eigenvalue weighted by atomic mass is 9.78. The number of nitrogens with zero attached hydrogens (tertiary/aromatic N) is 3. The summed E-state index contributed by atoms with van der Waals surface area (Å²) in [6.45, 7) is 10.5. The highest BCUT2D eigenvalue weighted by Crippen LogP contribution is 2.35. The van der Waals surface area contributed by atoms with Crippen LogP contribution in [0.15, 0.2) is 24.4 Å². The summed E-state index contributed by atoms with van der Waals surface area (Å²) in [5, 5.41) is 19.1. The van der Waals surface area contributed by atoms with Crippen LogP contribution in [-0.2, 0) is 0 Å². The molecule has 7 nitrogen and oxygen atoms in total. The molecule has 0 aliphatic carbocycles. The van der Waals surface area contributed by atoms with Crippen molar-refractivity contribution in [2.45, 2.75) is 40.2 Å². The fraction of sp³-hybridized carbons (Fsp3) is 0.533. The van der Waals surface area contributed by atoms with Crippen LogP contribution in [0.25, 0.3) is 5.52 Å². The number of rotatable bonds is 5. The molecule has 2 aromatic heterocycles. The van der Waals surface area contributed by atoms with E-state index in [0.717, 1.165) is 0 Å². The summed E-state index contributed by atoms with van der Waals surface area (Å²) in [6.07, 6.45) is 1.72. The maximum atomic E-state index is 11.4. The Morgan fingerprint density at radius 3 is 2.36 bits per heavy atom. The predicted octanol–water partition coefficient (Wildman–Crippen LogP) is 3.89. The second-order valence-electron chi connectivity index (χ2n) is 6.20. The number of anilines is 1. The normalized spacial score (nSPS) is 11.8. The van der Waals surface area contributed by atoms with Crippen LogP contribution < -0.4 is 11.5 Å². The van der Waals surface area contributed by atoms with Crippen molar-refractivity contribution in [1.29, 1.82) is 0 Å². The Balaban J connectivity index is 0.00000242. The number of hydrogen-bond donors (Lipinski definition) is 2. The van der Waals surface area contributed by atoms with E-state index in [1.807, 2.05) is 0 Å². The summed E-state index contributed by atoms with van der Waals surface area (Å²) in [5.41, 5.74) is 0.255. The minimum absolute atomic E-state index is 0. The Morgan fingerprint density at radius 1 is 1.27 bits per heavy atom. The highest BCUT2D eigenvalue weighted by atomic mass is 16.6.